The van der Waals surface area contributed by atoms with Crippen LogP contribution in [-0.4, -0.2) is 74.7 Å². The van der Waals surface area contributed by atoms with Crippen molar-refractivity contribution in [3.05, 3.63) is 35.2 Å². The molecule has 4 aliphatic carbocycles. The molecule has 1 aromatic heterocycles. The molecule has 2 heterocycles. The van der Waals surface area contributed by atoms with Crippen LogP contribution in [0.3, 0.4) is 0 Å². The predicted molar refractivity (Wildman–Crippen MR) is 145 cm³/mol. The van der Waals surface area contributed by atoms with Crippen LogP contribution in [0, 0.1) is 23.7 Å². The van der Waals surface area contributed by atoms with Gasteiger partial charge in [-0.05, 0) is 73.5 Å². The minimum Gasteiger partial charge on any atom is -0.497 e. The summed E-state index contributed by atoms with van der Waals surface area (Å²) in [6, 6.07) is 8.29. The number of thiophene rings is 1. The van der Waals surface area contributed by atoms with Crippen LogP contribution in [0.2, 0.25) is 0 Å². The third kappa shape index (κ3) is 4.91. The standard InChI is InChI=1S/C29H37N3O4S/c1-35-23-5-3-20(4-6-23)24-17-37-28(26(24)29(34)36-2)30-25(33)16-31-7-9-32(10-8-31)27-21-12-18-11-19(14-21)15-22(27)13-18/h3-6,17-19,21-22,27H,7-16H2,1-2H3,(H,30,33). The lowest BCUT2D eigenvalue weighted by Gasteiger charge is -2.58. The second kappa shape index (κ2) is 10.4. The van der Waals surface area contributed by atoms with E-state index in [-0.39, 0.29) is 5.91 Å². The van der Waals surface area contributed by atoms with Gasteiger partial charge in [-0.15, -0.1) is 11.3 Å². The maximum atomic E-state index is 13.0. The minimum absolute atomic E-state index is 0.0867. The third-order valence-electron chi connectivity index (χ3n) is 9.21. The first kappa shape index (κ1) is 24.9. The number of carbonyl (C=O) groups is 2. The van der Waals surface area contributed by atoms with Crippen LogP contribution in [0.5, 0.6) is 5.75 Å². The van der Waals surface area contributed by atoms with Crippen LogP contribution in [-0.2, 0) is 9.53 Å². The van der Waals surface area contributed by atoms with Crippen molar-refractivity contribution in [3.63, 3.8) is 0 Å². The Labute approximate surface area is 223 Å². The summed E-state index contributed by atoms with van der Waals surface area (Å²) in [5, 5.41) is 5.43. The highest BCUT2D eigenvalue weighted by atomic mass is 32.1. The van der Waals surface area contributed by atoms with E-state index in [2.05, 4.69) is 15.1 Å². The van der Waals surface area contributed by atoms with Gasteiger partial charge in [-0.1, -0.05) is 12.1 Å². The van der Waals surface area contributed by atoms with E-state index in [0.29, 0.717) is 17.1 Å². The van der Waals surface area contributed by atoms with Crippen molar-refractivity contribution < 1.29 is 19.1 Å². The fraction of sp³-hybridized carbons (Fsp3) is 0.586. The van der Waals surface area contributed by atoms with E-state index in [0.717, 1.165) is 72.8 Å². The number of hydrogen-bond donors (Lipinski definition) is 1. The van der Waals surface area contributed by atoms with Gasteiger partial charge in [0.2, 0.25) is 5.91 Å². The molecule has 8 heteroatoms. The number of piperazine rings is 1. The third-order valence-corrected chi connectivity index (χ3v) is 10.1. The maximum Gasteiger partial charge on any atom is 0.341 e. The number of rotatable bonds is 7. The first-order valence-corrected chi connectivity index (χ1v) is 14.5. The molecule has 1 aliphatic heterocycles. The van der Waals surface area contributed by atoms with Crippen molar-refractivity contribution in [2.75, 3.05) is 52.3 Å². The zero-order valence-electron chi connectivity index (χ0n) is 21.8. The Morgan fingerprint density at radius 2 is 1.59 bits per heavy atom. The zero-order chi connectivity index (χ0) is 25.5. The van der Waals surface area contributed by atoms with E-state index >= 15 is 0 Å². The van der Waals surface area contributed by atoms with Crippen LogP contribution in [0.15, 0.2) is 29.6 Å². The highest BCUT2D eigenvalue weighted by Gasteiger charge is 2.50. The normalized spacial score (nSPS) is 29.3. The Bertz CT molecular complexity index is 1110. The van der Waals surface area contributed by atoms with E-state index in [1.165, 1.54) is 50.6 Å². The van der Waals surface area contributed by atoms with Gasteiger partial charge in [-0.25, -0.2) is 4.79 Å². The topological polar surface area (TPSA) is 71.1 Å². The van der Waals surface area contributed by atoms with Crippen molar-refractivity contribution in [3.8, 4) is 16.9 Å². The van der Waals surface area contributed by atoms with Gasteiger partial charge in [-0.3, -0.25) is 14.6 Å². The Hall–Kier alpha value is -2.42. The average molecular weight is 524 g/mol. The summed E-state index contributed by atoms with van der Waals surface area (Å²) in [6.07, 6.45) is 7.28. The highest BCUT2D eigenvalue weighted by Crippen LogP contribution is 2.55. The second-order valence-corrected chi connectivity index (χ2v) is 12.2. The van der Waals surface area contributed by atoms with Gasteiger partial charge in [0.25, 0.3) is 0 Å². The Balaban J connectivity index is 1.07. The van der Waals surface area contributed by atoms with Gasteiger partial charge in [0.1, 0.15) is 16.3 Å². The first-order valence-electron chi connectivity index (χ1n) is 13.6. The predicted octanol–water partition coefficient (Wildman–Crippen LogP) is 4.59. The first-order chi connectivity index (χ1) is 18.0. The smallest absolute Gasteiger partial charge is 0.341 e. The van der Waals surface area contributed by atoms with E-state index in [1.54, 1.807) is 7.11 Å². The number of carbonyl (C=O) groups excluding carboxylic acids is 2. The number of methoxy groups -OCH3 is 2. The average Bonchev–Trinajstić information content (AvgIpc) is 3.31. The van der Waals surface area contributed by atoms with Crippen molar-refractivity contribution >= 4 is 28.2 Å². The molecule has 198 valence electrons. The lowest BCUT2D eigenvalue weighted by Crippen LogP contribution is -2.60. The fourth-order valence-electron chi connectivity index (χ4n) is 7.82. The molecule has 1 aromatic carbocycles. The SMILES string of the molecule is COC(=O)c1c(-c2ccc(OC)cc2)csc1NC(=O)CN1CCN(C2C3CC4CC(C3)CC2C4)CC1. The molecule has 0 spiro atoms. The highest BCUT2D eigenvalue weighted by molar-refractivity contribution is 7.15. The lowest BCUT2D eigenvalue weighted by atomic mass is 9.54. The van der Waals surface area contributed by atoms with E-state index < -0.39 is 5.97 Å². The monoisotopic (exact) mass is 523 g/mol. The number of benzene rings is 1. The van der Waals surface area contributed by atoms with Crippen LogP contribution in [0.25, 0.3) is 11.1 Å². The maximum absolute atomic E-state index is 13.0. The largest absolute Gasteiger partial charge is 0.497 e. The Kier molecular flexibility index (Phi) is 6.99. The summed E-state index contributed by atoms with van der Waals surface area (Å²) in [5.74, 6) is 4.02. The number of ether oxygens (including phenoxy) is 2. The summed E-state index contributed by atoms with van der Waals surface area (Å²) in [4.78, 5) is 30.7. The van der Waals surface area contributed by atoms with E-state index in [4.69, 9.17) is 9.47 Å². The van der Waals surface area contributed by atoms with Crippen LogP contribution >= 0.6 is 11.3 Å². The molecule has 1 N–H and O–H groups in total. The van der Waals surface area contributed by atoms with Crippen molar-refractivity contribution in [2.45, 2.75) is 38.1 Å². The quantitative estimate of drug-likeness (QED) is 0.536. The Morgan fingerprint density at radius 1 is 0.946 bits per heavy atom. The molecule has 1 saturated heterocycles. The molecule has 7 rings (SSSR count). The number of anilines is 1. The minimum atomic E-state index is -0.452. The number of esters is 1. The van der Waals surface area contributed by atoms with Gasteiger partial charge in [0.05, 0.1) is 20.8 Å². The molecular formula is C29H37N3O4S. The zero-order valence-corrected chi connectivity index (χ0v) is 22.6. The Morgan fingerprint density at radius 3 is 2.19 bits per heavy atom. The van der Waals surface area contributed by atoms with Crippen molar-refractivity contribution in [2.24, 2.45) is 23.7 Å². The molecule has 7 nitrogen and oxygen atoms in total. The van der Waals surface area contributed by atoms with Gasteiger partial charge in [-0.2, -0.15) is 0 Å². The van der Waals surface area contributed by atoms with Gasteiger partial charge in [0, 0.05) is 43.2 Å². The molecule has 4 bridgehead atoms. The molecule has 2 aromatic rings. The van der Waals surface area contributed by atoms with E-state index in [1.807, 2.05) is 29.6 Å². The van der Waals surface area contributed by atoms with Crippen LogP contribution < -0.4 is 10.1 Å². The van der Waals surface area contributed by atoms with Crippen molar-refractivity contribution in [1.82, 2.24) is 9.80 Å². The van der Waals surface area contributed by atoms with Gasteiger partial charge >= 0.3 is 5.97 Å². The van der Waals surface area contributed by atoms with Crippen LogP contribution in [0.4, 0.5) is 5.00 Å². The van der Waals surface area contributed by atoms with E-state index in [9.17, 15) is 9.59 Å². The van der Waals surface area contributed by atoms with Crippen LogP contribution in [0.1, 0.15) is 42.5 Å². The van der Waals surface area contributed by atoms with Gasteiger partial charge < -0.3 is 14.8 Å². The summed E-state index contributed by atoms with van der Waals surface area (Å²) >= 11 is 1.36. The fourth-order valence-corrected chi connectivity index (χ4v) is 8.79. The summed E-state index contributed by atoms with van der Waals surface area (Å²) in [6.45, 7) is 4.28. The number of amides is 1. The molecule has 0 unspecified atom stereocenters. The van der Waals surface area contributed by atoms with Gasteiger partial charge in [0.15, 0.2) is 0 Å². The molecule has 0 atom stereocenters. The molecule has 4 saturated carbocycles. The van der Waals surface area contributed by atoms with Crippen molar-refractivity contribution in [1.29, 1.82) is 0 Å². The summed E-state index contributed by atoms with van der Waals surface area (Å²) < 4.78 is 10.3. The number of nitrogens with one attached hydrogen (secondary N) is 1. The molecular weight excluding hydrogens is 486 g/mol. The second-order valence-electron chi connectivity index (χ2n) is 11.4. The molecule has 1 amide bonds. The summed E-state index contributed by atoms with van der Waals surface area (Å²) in [7, 11) is 2.99. The number of hydrogen-bond acceptors (Lipinski definition) is 7. The molecule has 0 radical (unpaired) electrons. The molecule has 5 fully saturated rings. The summed E-state index contributed by atoms with van der Waals surface area (Å²) in [5.41, 5.74) is 2.02. The molecule has 5 aliphatic rings. The molecule has 37 heavy (non-hydrogen) atoms. The number of nitrogens with zero attached hydrogens (tertiary/aromatic N) is 2. The lowest BCUT2D eigenvalue weighted by molar-refractivity contribution is -0.118.